The Morgan fingerprint density at radius 1 is 0.667 bits per heavy atom. The van der Waals surface area contributed by atoms with E-state index in [-0.39, 0.29) is 12.7 Å². The lowest BCUT2D eigenvalue weighted by Crippen LogP contribution is -2.40. The van der Waals surface area contributed by atoms with Crippen LogP contribution >= 0.6 is 0 Å². The third-order valence-electron chi connectivity index (χ3n) is 6.03. The third-order valence-corrected chi connectivity index (χ3v) is 6.03. The Morgan fingerprint density at radius 2 is 1.19 bits per heavy atom. The summed E-state index contributed by atoms with van der Waals surface area (Å²) < 4.78 is 30.0. The van der Waals surface area contributed by atoms with Gasteiger partial charge >= 0.3 is 0 Å². The van der Waals surface area contributed by atoms with Crippen LogP contribution in [-0.4, -0.2) is 49.8 Å². The van der Waals surface area contributed by atoms with Crippen molar-refractivity contribution >= 4 is 0 Å². The average molecular weight is 491 g/mol. The van der Waals surface area contributed by atoms with Crippen molar-refractivity contribution in [2.24, 2.45) is 0 Å². The van der Waals surface area contributed by atoms with Crippen LogP contribution in [0.4, 0.5) is 0 Å². The molecule has 0 radical (unpaired) electrons. The molecule has 1 heterocycles. The second-order valence-electron chi connectivity index (χ2n) is 8.67. The van der Waals surface area contributed by atoms with Gasteiger partial charge in [0.05, 0.1) is 40.1 Å². The van der Waals surface area contributed by atoms with Crippen molar-refractivity contribution in [3.05, 3.63) is 114 Å². The van der Waals surface area contributed by atoms with Gasteiger partial charge in [-0.2, -0.15) is 0 Å². The van der Waals surface area contributed by atoms with Gasteiger partial charge < -0.3 is 28.8 Å². The fourth-order valence-corrected chi connectivity index (χ4v) is 4.00. The van der Waals surface area contributed by atoms with E-state index < -0.39 is 18.3 Å². The van der Waals surface area contributed by atoms with E-state index in [1.807, 2.05) is 97.1 Å². The van der Waals surface area contributed by atoms with Crippen LogP contribution in [0.15, 0.2) is 97.1 Å². The van der Waals surface area contributed by atoms with Crippen molar-refractivity contribution < 1.29 is 28.8 Å². The van der Waals surface area contributed by atoms with Crippen LogP contribution in [0.1, 0.15) is 16.7 Å². The van der Waals surface area contributed by atoms with E-state index >= 15 is 0 Å². The highest BCUT2D eigenvalue weighted by molar-refractivity contribution is 5.26. The van der Waals surface area contributed by atoms with Crippen LogP contribution in [0.3, 0.4) is 0 Å². The lowest BCUT2D eigenvalue weighted by atomic mass is 10.1. The fourth-order valence-electron chi connectivity index (χ4n) is 4.00. The highest BCUT2D eigenvalue weighted by Crippen LogP contribution is 2.22. The van der Waals surface area contributed by atoms with Crippen LogP contribution in [0.25, 0.3) is 0 Å². The van der Waals surface area contributed by atoms with E-state index in [0.29, 0.717) is 26.4 Å². The minimum Gasteiger partial charge on any atom is -0.497 e. The van der Waals surface area contributed by atoms with E-state index in [4.69, 9.17) is 23.7 Å². The molecule has 0 bridgehead atoms. The molecule has 0 saturated heterocycles. The standard InChI is InChI=1S/C30H34O6/c1-32-26-14-12-25(13-15-26)21-34-27-16-17-28(35-20-24-10-6-3-7-11-24)30(36-29(27)18-31)22-33-19-23-8-4-2-5-9-23/h2-17,27-31H,18-22H2,1H3/t27-,28+,29+,30-/m0/s1. The first-order valence-corrected chi connectivity index (χ1v) is 12.2. The molecular weight excluding hydrogens is 456 g/mol. The molecule has 0 fully saturated rings. The van der Waals surface area contributed by atoms with Crippen LogP contribution in [0.5, 0.6) is 5.75 Å². The predicted molar refractivity (Wildman–Crippen MR) is 138 cm³/mol. The quantitative estimate of drug-likeness (QED) is 0.372. The monoisotopic (exact) mass is 490 g/mol. The number of benzene rings is 3. The Bertz CT molecular complexity index is 1040. The number of aliphatic hydroxyl groups is 1. The number of aliphatic hydroxyl groups excluding tert-OH is 1. The van der Waals surface area contributed by atoms with Gasteiger partial charge in [0, 0.05) is 0 Å². The molecular formula is C30H34O6. The van der Waals surface area contributed by atoms with Gasteiger partial charge in [-0.1, -0.05) is 84.9 Å². The maximum absolute atomic E-state index is 10.1. The topological polar surface area (TPSA) is 66.4 Å². The summed E-state index contributed by atoms with van der Waals surface area (Å²) in [6.07, 6.45) is 2.16. The molecule has 6 heteroatoms. The van der Waals surface area contributed by atoms with E-state index in [9.17, 15) is 5.11 Å². The normalized spacial score (nSPS) is 21.7. The Hall–Kier alpha value is -3.00. The molecule has 0 spiro atoms. The van der Waals surface area contributed by atoms with Gasteiger partial charge in [0.25, 0.3) is 0 Å². The van der Waals surface area contributed by atoms with Crippen molar-refractivity contribution in [3.8, 4) is 5.75 Å². The molecule has 3 aromatic carbocycles. The Kier molecular flexibility index (Phi) is 10.1. The van der Waals surface area contributed by atoms with Crippen molar-refractivity contribution in [3.63, 3.8) is 0 Å². The SMILES string of the molecule is COc1ccc(CO[C@H]2C=C[C@@H](OCc3ccccc3)[C@H](COCc3ccccc3)O[C@@H]2CO)cc1. The molecule has 1 aliphatic rings. The molecule has 0 aromatic heterocycles. The molecule has 4 atom stereocenters. The highest BCUT2D eigenvalue weighted by atomic mass is 16.6. The molecule has 0 amide bonds. The van der Waals surface area contributed by atoms with E-state index in [1.165, 1.54) is 0 Å². The summed E-state index contributed by atoms with van der Waals surface area (Å²) >= 11 is 0. The molecule has 0 unspecified atom stereocenters. The smallest absolute Gasteiger partial charge is 0.118 e. The largest absolute Gasteiger partial charge is 0.497 e. The zero-order chi connectivity index (χ0) is 25.0. The minimum atomic E-state index is -0.546. The molecule has 190 valence electrons. The molecule has 0 saturated carbocycles. The number of methoxy groups -OCH3 is 1. The summed E-state index contributed by atoms with van der Waals surface area (Å²) in [4.78, 5) is 0. The Morgan fingerprint density at radius 3 is 1.75 bits per heavy atom. The zero-order valence-corrected chi connectivity index (χ0v) is 20.6. The third kappa shape index (κ3) is 7.75. The van der Waals surface area contributed by atoms with Crippen LogP contribution < -0.4 is 4.74 Å². The molecule has 1 aliphatic heterocycles. The van der Waals surface area contributed by atoms with Crippen LogP contribution in [-0.2, 0) is 38.8 Å². The number of hydrogen-bond donors (Lipinski definition) is 1. The first-order chi connectivity index (χ1) is 17.7. The fraction of sp³-hybridized carbons (Fsp3) is 0.333. The number of rotatable bonds is 12. The minimum absolute atomic E-state index is 0.182. The maximum atomic E-state index is 10.1. The number of hydrogen-bond acceptors (Lipinski definition) is 6. The summed E-state index contributed by atoms with van der Waals surface area (Å²) in [6, 6.07) is 27.7. The maximum Gasteiger partial charge on any atom is 0.118 e. The van der Waals surface area contributed by atoms with Gasteiger partial charge in [-0.3, -0.25) is 0 Å². The van der Waals surface area contributed by atoms with E-state index in [1.54, 1.807) is 7.11 Å². The second-order valence-corrected chi connectivity index (χ2v) is 8.67. The van der Waals surface area contributed by atoms with Gasteiger partial charge in [0.15, 0.2) is 0 Å². The molecule has 0 aliphatic carbocycles. The summed E-state index contributed by atoms with van der Waals surface area (Å²) in [5.41, 5.74) is 3.16. The van der Waals surface area contributed by atoms with Gasteiger partial charge in [-0.05, 0) is 28.8 Å². The zero-order valence-electron chi connectivity index (χ0n) is 20.6. The summed E-state index contributed by atoms with van der Waals surface area (Å²) in [6.45, 7) is 1.43. The van der Waals surface area contributed by atoms with E-state index in [2.05, 4.69) is 0 Å². The summed E-state index contributed by atoms with van der Waals surface area (Å²) in [5.74, 6) is 0.793. The summed E-state index contributed by atoms with van der Waals surface area (Å²) in [7, 11) is 1.64. The van der Waals surface area contributed by atoms with Crippen molar-refractivity contribution in [2.75, 3.05) is 20.3 Å². The molecule has 3 aromatic rings. The predicted octanol–water partition coefficient (Wildman–Crippen LogP) is 4.70. The van der Waals surface area contributed by atoms with Crippen molar-refractivity contribution in [2.45, 2.75) is 44.2 Å². The summed E-state index contributed by atoms with van der Waals surface area (Å²) in [5, 5.41) is 10.1. The molecule has 4 rings (SSSR count). The van der Waals surface area contributed by atoms with Gasteiger partial charge in [-0.15, -0.1) is 0 Å². The van der Waals surface area contributed by atoms with Crippen molar-refractivity contribution in [1.82, 2.24) is 0 Å². The van der Waals surface area contributed by atoms with E-state index in [0.717, 1.165) is 22.4 Å². The van der Waals surface area contributed by atoms with Gasteiger partial charge in [-0.25, -0.2) is 0 Å². The average Bonchev–Trinajstić information content (AvgIpc) is 3.11. The van der Waals surface area contributed by atoms with Crippen LogP contribution in [0.2, 0.25) is 0 Å². The lowest BCUT2D eigenvalue weighted by molar-refractivity contribution is -0.152. The lowest BCUT2D eigenvalue weighted by Gasteiger charge is -2.28. The molecule has 6 nitrogen and oxygen atoms in total. The van der Waals surface area contributed by atoms with Crippen molar-refractivity contribution in [1.29, 1.82) is 0 Å². The van der Waals surface area contributed by atoms with Gasteiger partial charge in [0.1, 0.15) is 30.2 Å². The Balaban J connectivity index is 1.42. The first kappa shape index (κ1) is 26.1. The van der Waals surface area contributed by atoms with Gasteiger partial charge in [0.2, 0.25) is 0 Å². The first-order valence-electron chi connectivity index (χ1n) is 12.2. The Labute approximate surface area is 213 Å². The second kappa shape index (κ2) is 13.9. The molecule has 1 N–H and O–H groups in total. The molecule has 36 heavy (non-hydrogen) atoms. The number of ether oxygens (including phenoxy) is 5. The van der Waals surface area contributed by atoms with Crippen LogP contribution in [0, 0.1) is 0 Å². The highest BCUT2D eigenvalue weighted by Gasteiger charge is 2.32.